The Labute approximate surface area is 103 Å². The van der Waals surface area contributed by atoms with Gasteiger partial charge >= 0.3 is 0 Å². The van der Waals surface area contributed by atoms with Crippen LogP contribution in [0.1, 0.15) is 19.3 Å². The molecule has 2 rings (SSSR count). The second kappa shape index (κ2) is 4.87. The zero-order valence-corrected chi connectivity index (χ0v) is 9.56. The standard InChI is InChI=1S/C11H11N3O4/c12-5-7-3-4-18-11(7)13-8(15)6-14-9(16)1-2-10(14)17/h1-4,6H2,(H,13,15). The first-order valence-electron chi connectivity index (χ1n) is 5.51. The fourth-order valence-electron chi connectivity index (χ4n) is 1.78. The van der Waals surface area contributed by atoms with Crippen LogP contribution >= 0.6 is 0 Å². The number of carbonyl (C=O) groups excluding carboxylic acids is 3. The average Bonchev–Trinajstić information content (AvgIpc) is 2.90. The highest BCUT2D eigenvalue weighted by atomic mass is 16.5. The lowest BCUT2D eigenvalue weighted by Crippen LogP contribution is -2.39. The Morgan fingerprint density at radius 1 is 1.33 bits per heavy atom. The molecule has 0 spiro atoms. The number of rotatable bonds is 3. The van der Waals surface area contributed by atoms with Crippen LogP contribution in [0.4, 0.5) is 0 Å². The van der Waals surface area contributed by atoms with E-state index in [0.717, 1.165) is 4.90 Å². The van der Waals surface area contributed by atoms with Crippen molar-refractivity contribution in [1.82, 2.24) is 10.2 Å². The average molecular weight is 249 g/mol. The number of amides is 3. The zero-order chi connectivity index (χ0) is 13.1. The predicted molar refractivity (Wildman–Crippen MR) is 57.3 cm³/mol. The fourth-order valence-corrected chi connectivity index (χ4v) is 1.78. The SMILES string of the molecule is N#CC1=C(NC(=O)CN2C(=O)CCC2=O)OCC1. The largest absolute Gasteiger partial charge is 0.478 e. The summed E-state index contributed by atoms with van der Waals surface area (Å²) in [5, 5.41) is 11.2. The Hall–Kier alpha value is -2.36. The third kappa shape index (κ3) is 2.32. The Balaban J connectivity index is 1.96. The first-order valence-corrected chi connectivity index (χ1v) is 5.51. The van der Waals surface area contributed by atoms with Crippen LogP contribution in [-0.4, -0.2) is 35.8 Å². The number of nitriles is 1. The van der Waals surface area contributed by atoms with E-state index < -0.39 is 5.91 Å². The number of carbonyl (C=O) groups is 3. The number of ether oxygens (including phenoxy) is 1. The highest BCUT2D eigenvalue weighted by Gasteiger charge is 2.31. The van der Waals surface area contributed by atoms with Crippen molar-refractivity contribution in [3.63, 3.8) is 0 Å². The fraction of sp³-hybridized carbons (Fsp3) is 0.455. The molecule has 0 radical (unpaired) electrons. The van der Waals surface area contributed by atoms with Crippen molar-refractivity contribution in [3.8, 4) is 6.07 Å². The molecule has 0 saturated carbocycles. The summed E-state index contributed by atoms with van der Waals surface area (Å²) >= 11 is 0. The highest BCUT2D eigenvalue weighted by Crippen LogP contribution is 2.16. The summed E-state index contributed by atoms with van der Waals surface area (Å²) < 4.78 is 5.08. The third-order valence-corrected chi connectivity index (χ3v) is 2.72. The van der Waals surface area contributed by atoms with E-state index in [0.29, 0.717) is 18.6 Å². The van der Waals surface area contributed by atoms with E-state index in [-0.39, 0.29) is 37.1 Å². The molecule has 2 heterocycles. The lowest BCUT2D eigenvalue weighted by Gasteiger charge is -2.13. The molecule has 1 saturated heterocycles. The second-order valence-corrected chi connectivity index (χ2v) is 3.94. The van der Waals surface area contributed by atoms with Gasteiger partial charge in [-0.3, -0.25) is 24.6 Å². The molecule has 94 valence electrons. The zero-order valence-electron chi connectivity index (χ0n) is 9.56. The lowest BCUT2D eigenvalue weighted by molar-refractivity contribution is -0.142. The van der Waals surface area contributed by atoms with Gasteiger partial charge in [-0.2, -0.15) is 5.26 Å². The Bertz CT molecular complexity index is 473. The quantitative estimate of drug-likeness (QED) is 0.674. The number of likely N-dealkylation sites (tertiary alicyclic amines) is 1. The molecule has 7 heteroatoms. The van der Waals surface area contributed by atoms with E-state index >= 15 is 0 Å². The molecule has 3 amide bonds. The van der Waals surface area contributed by atoms with Crippen molar-refractivity contribution in [2.45, 2.75) is 19.3 Å². The van der Waals surface area contributed by atoms with Crippen LogP contribution in [-0.2, 0) is 19.1 Å². The molecule has 2 aliphatic rings. The van der Waals surface area contributed by atoms with Gasteiger partial charge in [-0.25, -0.2) is 0 Å². The van der Waals surface area contributed by atoms with Crippen LogP contribution < -0.4 is 5.32 Å². The van der Waals surface area contributed by atoms with Crippen molar-refractivity contribution < 1.29 is 19.1 Å². The molecule has 0 aromatic heterocycles. The summed E-state index contributed by atoms with van der Waals surface area (Å²) in [4.78, 5) is 35.2. The van der Waals surface area contributed by atoms with Crippen LogP contribution in [0.25, 0.3) is 0 Å². The molecule has 0 aliphatic carbocycles. The Morgan fingerprint density at radius 2 is 2.00 bits per heavy atom. The first-order chi connectivity index (χ1) is 8.61. The number of nitrogens with one attached hydrogen (secondary N) is 1. The normalized spacial score (nSPS) is 18.9. The molecular formula is C11H11N3O4. The van der Waals surface area contributed by atoms with Gasteiger partial charge in [-0.05, 0) is 0 Å². The van der Waals surface area contributed by atoms with Crippen molar-refractivity contribution in [1.29, 1.82) is 5.26 Å². The number of hydrogen-bond donors (Lipinski definition) is 1. The van der Waals surface area contributed by atoms with Crippen molar-refractivity contribution in [2.24, 2.45) is 0 Å². The van der Waals surface area contributed by atoms with Crippen molar-refractivity contribution in [2.75, 3.05) is 13.2 Å². The molecule has 0 aromatic rings. The van der Waals surface area contributed by atoms with Gasteiger partial charge in [-0.15, -0.1) is 0 Å². The van der Waals surface area contributed by atoms with Gasteiger partial charge in [0.25, 0.3) is 0 Å². The van der Waals surface area contributed by atoms with E-state index in [2.05, 4.69) is 5.32 Å². The molecule has 0 bridgehead atoms. The van der Waals surface area contributed by atoms with Gasteiger partial charge in [0, 0.05) is 19.3 Å². The molecule has 1 fully saturated rings. The third-order valence-electron chi connectivity index (χ3n) is 2.72. The first kappa shape index (κ1) is 12.1. The van der Waals surface area contributed by atoms with Crippen LogP contribution in [0.3, 0.4) is 0 Å². The molecular weight excluding hydrogens is 238 g/mol. The minimum absolute atomic E-state index is 0.126. The summed E-state index contributed by atoms with van der Waals surface area (Å²) in [5.41, 5.74) is 0.363. The minimum atomic E-state index is -0.539. The molecule has 2 aliphatic heterocycles. The maximum atomic E-state index is 11.6. The molecule has 1 N–H and O–H groups in total. The van der Waals surface area contributed by atoms with E-state index in [4.69, 9.17) is 10.00 Å². The summed E-state index contributed by atoms with van der Waals surface area (Å²) in [6.07, 6.45) is 0.747. The maximum absolute atomic E-state index is 11.6. The number of hydrogen-bond acceptors (Lipinski definition) is 5. The van der Waals surface area contributed by atoms with Gasteiger partial charge in [0.05, 0.1) is 12.2 Å². The lowest BCUT2D eigenvalue weighted by atomic mass is 10.2. The molecule has 0 atom stereocenters. The van der Waals surface area contributed by atoms with Crippen LogP contribution in [0.5, 0.6) is 0 Å². The van der Waals surface area contributed by atoms with Crippen LogP contribution in [0.15, 0.2) is 11.5 Å². The molecule has 0 unspecified atom stereocenters. The summed E-state index contributed by atoms with van der Waals surface area (Å²) in [6, 6.07) is 1.92. The predicted octanol–water partition coefficient (Wildman–Crippen LogP) is -0.593. The summed E-state index contributed by atoms with van der Waals surface area (Å²) in [5.74, 6) is -1.11. The molecule has 18 heavy (non-hydrogen) atoms. The topological polar surface area (TPSA) is 99.5 Å². The minimum Gasteiger partial charge on any atom is -0.478 e. The van der Waals surface area contributed by atoms with E-state index in [1.54, 1.807) is 0 Å². The van der Waals surface area contributed by atoms with Gasteiger partial charge in [-0.1, -0.05) is 0 Å². The van der Waals surface area contributed by atoms with Gasteiger partial charge in [0.1, 0.15) is 12.6 Å². The van der Waals surface area contributed by atoms with Gasteiger partial charge in [0.2, 0.25) is 23.6 Å². The van der Waals surface area contributed by atoms with Crippen LogP contribution in [0.2, 0.25) is 0 Å². The monoisotopic (exact) mass is 249 g/mol. The van der Waals surface area contributed by atoms with Crippen LogP contribution in [0, 0.1) is 11.3 Å². The number of nitrogens with zero attached hydrogens (tertiary/aromatic N) is 2. The smallest absolute Gasteiger partial charge is 0.246 e. The summed E-state index contributed by atoms with van der Waals surface area (Å²) in [7, 11) is 0. The van der Waals surface area contributed by atoms with E-state index in [1.807, 2.05) is 6.07 Å². The van der Waals surface area contributed by atoms with Crippen molar-refractivity contribution in [3.05, 3.63) is 11.5 Å². The van der Waals surface area contributed by atoms with Gasteiger partial charge < -0.3 is 4.74 Å². The van der Waals surface area contributed by atoms with E-state index in [9.17, 15) is 14.4 Å². The Morgan fingerprint density at radius 3 is 2.61 bits per heavy atom. The van der Waals surface area contributed by atoms with Crippen molar-refractivity contribution >= 4 is 17.7 Å². The second-order valence-electron chi connectivity index (χ2n) is 3.94. The van der Waals surface area contributed by atoms with Gasteiger partial charge in [0.15, 0.2) is 0 Å². The number of imide groups is 1. The Kier molecular flexibility index (Phi) is 3.28. The summed E-state index contributed by atoms with van der Waals surface area (Å²) in [6.45, 7) is 0.0172. The molecule has 0 aromatic carbocycles. The van der Waals surface area contributed by atoms with E-state index in [1.165, 1.54) is 0 Å². The highest BCUT2D eigenvalue weighted by molar-refractivity contribution is 6.04. The molecule has 7 nitrogen and oxygen atoms in total. The maximum Gasteiger partial charge on any atom is 0.246 e.